The van der Waals surface area contributed by atoms with E-state index in [0.717, 1.165) is 38.9 Å². The van der Waals surface area contributed by atoms with Crippen LogP contribution >= 0.6 is 0 Å². The third-order valence-electron chi connectivity index (χ3n) is 4.53. The molecule has 1 fully saturated rings. The van der Waals surface area contributed by atoms with Gasteiger partial charge in [-0.15, -0.1) is 0 Å². The van der Waals surface area contributed by atoms with Gasteiger partial charge >= 0.3 is 0 Å². The third kappa shape index (κ3) is 4.43. The Kier molecular flexibility index (Phi) is 5.78. The first kappa shape index (κ1) is 17.6. The highest BCUT2D eigenvalue weighted by molar-refractivity contribution is 6.03. The number of piperidine rings is 1. The maximum atomic E-state index is 13.3. The van der Waals surface area contributed by atoms with Crippen LogP contribution in [0.2, 0.25) is 0 Å². The van der Waals surface area contributed by atoms with Gasteiger partial charge in [0, 0.05) is 37.9 Å². The summed E-state index contributed by atoms with van der Waals surface area (Å²) < 4.78 is 15.1. The molecular formula is C18H23FN4O2. The van der Waals surface area contributed by atoms with Gasteiger partial charge in [-0.25, -0.2) is 9.07 Å². The van der Waals surface area contributed by atoms with E-state index in [9.17, 15) is 9.18 Å². The number of halogens is 1. The van der Waals surface area contributed by atoms with Crippen LogP contribution in [0.1, 0.15) is 35.7 Å². The lowest BCUT2D eigenvalue weighted by molar-refractivity contribution is 0.102. The molecule has 1 aromatic heterocycles. The molecule has 2 N–H and O–H groups in total. The SMILES string of the molecule is O=C(Nc1ccnn1C1CCN(CCCO)CC1)c1cccc(F)c1. The number of carbonyl (C=O) groups excluding carboxylic acids is 1. The quantitative estimate of drug-likeness (QED) is 0.842. The van der Waals surface area contributed by atoms with Crippen molar-refractivity contribution >= 4 is 11.7 Å². The molecule has 1 aliphatic rings. The molecule has 134 valence electrons. The van der Waals surface area contributed by atoms with E-state index < -0.39 is 5.82 Å². The molecular weight excluding hydrogens is 323 g/mol. The van der Waals surface area contributed by atoms with E-state index in [1.165, 1.54) is 18.2 Å². The molecule has 0 bridgehead atoms. The van der Waals surface area contributed by atoms with Crippen LogP contribution in [0.15, 0.2) is 36.5 Å². The van der Waals surface area contributed by atoms with Crippen molar-refractivity contribution in [2.75, 3.05) is 31.6 Å². The molecule has 3 rings (SSSR count). The van der Waals surface area contributed by atoms with E-state index >= 15 is 0 Å². The van der Waals surface area contributed by atoms with Gasteiger partial charge in [-0.05, 0) is 37.5 Å². The van der Waals surface area contributed by atoms with Crippen LogP contribution in [0.4, 0.5) is 10.2 Å². The maximum Gasteiger partial charge on any atom is 0.256 e. The van der Waals surface area contributed by atoms with Crippen molar-refractivity contribution in [1.82, 2.24) is 14.7 Å². The lowest BCUT2D eigenvalue weighted by Gasteiger charge is -2.32. The van der Waals surface area contributed by atoms with Crippen molar-refractivity contribution < 1.29 is 14.3 Å². The highest BCUT2D eigenvalue weighted by Gasteiger charge is 2.23. The summed E-state index contributed by atoms with van der Waals surface area (Å²) in [7, 11) is 0. The lowest BCUT2D eigenvalue weighted by Crippen LogP contribution is -2.36. The zero-order valence-electron chi connectivity index (χ0n) is 14.1. The van der Waals surface area contributed by atoms with E-state index in [0.29, 0.717) is 5.82 Å². The molecule has 2 aromatic rings. The monoisotopic (exact) mass is 346 g/mol. The standard InChI is InChI=1S/C18H23FN4O2/c19-15-4-1-3-14(13-15)18(25)21-17-5-8-20-23(17)16-6-10-22(11-7-16)9-2-12-24/h1,3-5,8,13,16,24H,2,6-7,9-12H2,(H,21,25). The first-order valence-electron chi connectivity index (χ1n) is 8.61. The Morgan fingerprint density at radius 2 is 2.12 bits per heavy atom. The number of hydrogen-bond acceptors (Lipinski definition) is 4. The van der Waals surface area contributed by atoms with Gasteiger partial charge in [0.05, 0.1) is 12.2 Å². The molecule has 1 aliphatic heterocycles. The highest BCUT2D eigenvalue weighted by Crippen LogP contribution is 2.25. The molecule has 0 aliphatic carbocycles. The number of nitrogens with zero attached hydrogens (tertiary/aromatic N) is 3. The largest absolute Gasteiger partial charge is 0.396 e. The first-order chi connectivity index (χ1) is 12.2. The van der Waals surface area contributed by atoms with Crippen LogP contribution in [0.3, 0.4) is 0 Å². The molecule has 1 saturated heterocycles. The molecule has 1 aromatic carbocycles. The van der Waals surface area contributed by atoms with Gasteiger partial charge in [-0.1, -0.05) is 6.07 Å². The smallest absolute Gasteiger partial charge is 0.256 e. The minimum atomic E-state index is -0.434. The average molecular weight is 346 g/mol. The van der Waals surface area contributed by atoms with Gasteiger partial charge < -0.3 is 15.3 Å². The molecule has 0 atom stereocenters. The normalized spacial score (nSPS) is 16.1. The molecule has 2 heterocycles. The molecule has 0 unspecified atom stereocenters. The molecule has 0 radical (unpaired) electrons. The molecule has 6 nitrogen and oxygen atoms in total. The minimum Gasteiger partial charge on any atom is -0.396 e. The first-order valence-corrected chi connectivity index (χ1v) is 8.61. The zero-order valence-corrected chi connectivity index (χ0v) is 14.1. The van der Waals surface area contributed by atoms with E-state index in [1.54, 1.807) is 18.3 Å². The third-order valence-corrected chi connectivity index (χ3v) is 4.53. The number of rotatable bonds is 6. The predicted octanol–water partition coefficient (Wildman–Crippen LogP) is 2.29. The number of nitrogens with one attached hydrogen (secondary N) is 1. The van der Waals surface area contributed by atoms with E-state index in [4.69, 9.17) is 5.11 Å². The number of benzene rings is 1. The second-order valence-electron chi connectivity index (χ2n) is 6.28. The Hall–Kier alpha value is -2.25. The second kappa shape index (κ2) is 8.22. The molecule has 1 amide bonds. The second-order valence-corrected chi connectivity index (χ2v) is 6.28. The Morgan fingerprint density at radius 3 is 2.84 bits per heavy atom. The van der Waals surface area contributed by atoms with Gasteiger partial charge in [0.15, 0.2) is 0 Å². The lowest BCUT2D eigenvalue weighted by atomic mass is 10.1. The van der Waals surface area contributed by atoms with Crippen molar-refractivity contribution in [2.24, 2.45) is 0 Å². The van der Waals surface area contributed by atoms with Crippen LogP contribution in [0.25, 0.3) is 0 Å². The van der Waals surface area contributed by atoms with Crippen LogP contribution < -0.4 is 5.32 Å². The van der Waals surface area contributed by atoms with Gasteiger partial charge in [-0.2, -0.15) is 5.10 Å². The number of likely N-dealkylation sites (tertiary alicyclic amines) is 1. The number of amides is 1. The molecule has 7 heteroatoms. The fraction of sp³-hybridized carbons (Fsp3) is 0.444. The fourth-order valence-electron chi connectivity index (χ4n) is 3.20. The summed E-state index contributed by atoms with van der Waals surface area (Å²) in [4.78, 5) is 14.7. The van der Waals surface area contributed by atoms with Crippen molar-refractivity contribution in [3.05, 3.63) is 47.9 Å². The van der Waals surface area contributed by atoms with Crippen LogP contribution in [-0.4, -0.2) is 51.9 Å². The average Bonchev–Trinajstić information content (AvgIpc) is 3.08. The van der Waals surface area contributed by atoms with Gasteiger partial charge in [0.2, 0.25) is 0 Å². The topological polar surface area (TPSA) is 70.4 Å². The van der Waals surface area contributed by atoms with Crippen molar-refractivity contribution in [2.45, 2.75) is 25.3 Å². The van der Waals surface area contributed by atoms with Crippen molar-refractivity contribution in [3.63, 3.8) is 0 Å². The summed E-state index contributed by atoms with van der Waals surface area (Å²) in [5.41, 5.74) is 0.284. The van der Waals surface area contributed by atoms with Crippen LogP contribution in [0, 0.1) is 5.82 Å². The van der Waals surface area contributed by atoms with E-state index in [1.807, 2.05) is 4.68 Å². The van der Waals surface area contributed by atoms with Gasteiger partial charge in [0.1, 0.15) is 11.6 Å². The molecule has 0 spiro atoms. The predicted molar refractivity (Wildman–Crippen MR) is 93.0 cm³/mol. The Balaban J connectivity index is 1.62. The summed E-state index contributed by atoms with van der Waals surface area (Å²) in [6.07, 6.45) is 4.34. The minimum absolute atomic E-state index is 0.218. The fourth-order valence-corrected chi connectivity index (χ4v) is 3.20. The number of carbonyl (C=O) groups is 1. The number of hydrogen-bond donors (Lipinski definition) is 2. The maximum absolute atomic E-state index is 13.3. The van der Waals surface area contributed by atoms with E-state index in [2.05, 4.69) is 15.3 Å². The van der Waals surface area contributed by atoms with Gasteiger partial charge in [0.25, 0.3) is 5.91 Å². The number of aliphatic hydroxyl groups excluding tert-OH is 1. The summed E-state index contributed by atoms with van der Waals surface area (Å²) >= 11 is 0. The Bertz CT molecular complexity index is 711. The highest BCUT2D eigenvalue weighted by atomic mass is 19.1. The summed E-state index contributed by atoms with van der Waals surface area (Å²) in [6, 6.07) is 7.61. The van der Waals surface area contributed by atoms with Crippen molar-refractivity contribution in [3.8, 4) is 0 Å². The molecule has 0 saturated carbocycles. The van der Waals surface area contributed by atoms with E-state index in [-0.39, 0.29) is 24.1 Å². The Labute approximate surface area is 146 Å². The van der Waals surface area contributed by atoms with Gasteiger partial charge in [-0.3, -0.25) is 4.79 Å². The summed E-state index contributed by atoms with van der Waals surface area (Å²) in [5, 5.41) is 16.1. The zero-order chi connectivity index (χ0) is 17.6. The summed E-state index contributed by atoms with van der Waals surface area (Å²) in [5.74, 6) is -0.152. The number of aliphatic hydroxyl groups is 1. The molecule has 25 heavy (non-hydrogen) atoms. The Morgan fingerprint density at radius 1 is 1.32 bits per heavy atom. The van der Waals surface area contributed by atoms with Crippen LogP contribution in [-0.2, 0) is 0 Å². The number of aromatic nitrogens is 2. The number of anilines is 1. The summed E-state index contributed by atoms with van der Waals surface area (Å²) in [6.45, 7) is 3.02. The van der Waals surface area contributed by atoms with Crippen molar-refractivity contribution in [1.29, 1.82) is 0 Å². The van der Waals surface area contributed by atoms with Crippen LogP contribution in [0.5, 0.6) is 0 Å².